The summed E-state index contributed by atoms with van der Waals surface area (Å²) < 4.78 is 2.03. The van der Waals surface area contributed by atoms with Crippen molar-refractivity contribution in [2.75, 3.05) is 6.54 Å². The number of hydrogen-bond donors (Lipinski definition) is 2. The smallest absolute Gasteiger partial charge is 0.197 e. The van der Waals surface area contributed by atoms with Crippen LogP contribution in [0, 0.1) is 0 Å². The molecule has 2 aromatic carbocycles. The molecule has 5 rings (SSSR count). The lowest BCUT2D eigenvalue weighted by Crippen LogP contribution is -2.37. The average Bonchev–Trinajstić information content (AvgIpc) is 3.13. The second-order valence-corrected chi connectivity index (χ2v) is 9.27. The van der Waals surface area contributed by atoms with Gasteiger partial charge in [0.15, 0.2) is 11.6 Å². The Morgan fingerprint density at radius 1 is 0.939 bits per heavy atom. The lowest BCUT2D eigenvalue weighted by molar-refractivity contribution is 0.0990. The molecule has 0 bridgehead atoms. The SMILES string of the molecule is O=C1C(=Cc2cn(CC(O)CNC3CCCCCC3)c3ccccc23)C(=O)c2ccccc21. The Morgan fingerprint density at radius 3 is 2.27 bits per heavy atom. The number of hydrogen-bond acceptors (Lipinski definition) is 4. The van der Waals surface area contributed by atoms with E-state index in [4.69, 9.17) is 0 Å². The highest BCUT2D eigenvalue weighted by Gasteiger charge is 2.32. The van der Waals surface area contributed by atoms with Crippen LogP contribution in [0.4, 0.5) is 0 Å². The lowest BCUT2D eigenvalue weighted by atomic mass is 10.1. The maximum Gasteiger partial charge on any atom is 0.197 e. The van der Waals surface area contributed by atoms with Gasteiger partial charge in [0.05, 0.1) is 11.7 Å². The number of carbonyl (C=O) groups is 2. The molecule has 1 fully saturated rings. The van der Waals surface area contributed by atoms with Gasteiger partial charge >= 0.3 is 0 Å². The number of nitrogens with one attached hydrogen (secondary N) is 1. The molecule has 1 heterocycles. The zero-order valence-electron chi connectivity index (χ0n) is 18.8. The third-order valence-electron chi connectivity index (χ3n) is 6.93. The topological polar surface area (TPSA) is 71.3 Å². The van der Waals surface area contributed by atoms with Gasteiger partial charge in [0.1, 0.15) is 0 Å². The summed E-state index contributed by atoms with van der Waals surface area (Å²) in [7, 11) is 0. The number of nitrogens with zero attached hydrogens (tertiary/aromatic N) is 1. The minimum absolute atomic E-state index is 0.203. The summed E-state index contributed by atoms with van der Waals surface area (Å²) in [6.07, 6.45) is 10.6. The van der Waals surface area contributed by atoms with Crippen LogP contribution in [0.3, 0.4) is 0 Å². The van der Waals surface area contributed by atoms with Crippen LogP contribution < -0.4 is 5.32 Å². The molecule has 0 radical (unpaired) electrons. The fraction of sp³-hybridized carbons (Fsp3) is 0.357. The second-order valence-electron chi connectivity index (χ2n) is 9.27. The van der Waals surface area contributed by atoms with Gasteiger partial charge < -0.3 is 15.0 Å². The van der Waals surface area contributed by atoms with Gasteiger partial charge in [-0.3, -0.25) is 9.59 Å². The first kappa shape index (κ1) is 21.8. The zero-order chi connectivity index (χ0) is 22.8. The molecule has 5 nitrogen and oxygen atoms in total. The van der Waals surface area contributed by atoms with Gasteiger partial charge in [-0.05, 0) is 25.0 Å². The molecule has 0 amide bonds. The molecule has 2 aliphatic rings. The van der Waals surface area contributed by atoms with Gasteiger partial charge in [-0.15, -0.1) is 0 Å². The van der Waals surface area contributed by atoms with E-state index < -0.39 is 6.10 Å². The molecule has 2 aliphatic carbocycles. The Hall–Kier alpha value is -3.02. The minimum Gasteiger partial charge on any atom is -0.390 e. The van der Waals surface area contributed by atoms with Crippen molar-refractivity contribution < 1.29 is 14.7 Å². The van der Waals surface area contributed by atoms with Gasteiger partial charge in [0, 0.05) is 52.9 Å². The fourth-order valence-electron chi connectivity index (χ4n) is 5.18. The van der Waals surface area contributed by atoms with E-state index in [1.54, 1.807) is 30.3 Å². The summed E-state index contributed by atoms with van der Waals surface area (Å²) in [6.45, 7) is 1.01. The molecule has 0 spiro atoms. The van der Waals surface area contributed by atoms with Gasteiger partial charge in [-0.25, -0.2) is 0 Å². The highest BCUT2D eigenvalue weighted by atomic mass is 16.3. The summed E-state index contributed by atoms with van der Waals surface area (Å²) in [5.41, 5.74) is 2.94. The number of benzene rings is 2. The molecule has 170 valence electrons. The van der Waals surface area contributed by atoms with Crippen LogP contribution in [-0.2, 0) is 6.54 Å². The van der Waals surface area contributed by atoms with Crippen molar-refractivity contribution in [1.29, 1.82) is 0 Å². The van der Waals surface area contributed by atoms with Gasteiger partial charge in [-0.2, -0.15) is 0 Å². The van der Waals surface area contributed by atoms with Crippen molar-refractivity contribution in [3.63, 3.8) is 0 Å². The van der Waals surface area contributed by atoms with Crippen LogP contribution in [0.5, 0.6) is 0 Å². The number of Topliss-reactive ketones (excluding diaryl/α,β-unsaturated/α-hetero) is 2. The second kappa shape index (κ2) is 9.46. The Morgan fingerprint density at radius 2 is 1.58 bits per heavy atom. The maximum absolute atomic E-state index is 12.8. The molecular weight excluding hydrogens is 412 g/mol. The molecule has 33 heavy (non-hydrogen) atoms. The molecule has 1 saturated carbocycles. The van der Waals surface area contributed by atoms with E-state index in [9.17, 15) is 14.7 Å². The number of allylic oxidation sites excluding steroid dienone is 1. The standard InChI is InChI=1S/C28H30N2O3/c31-21(16-29-20-9-3-1-2-4-10-20)18-30-17-19(22-11-7-8-14-26(22)30)15-25-27(32)23-12-5-6-13-24(23)28(25)33/h5-8,11-15,17,20-21,29,31H,1-4,9-10,16,18H2. The van der Waals surface area contributed by atoms with Crippen molar-refractivity contribution in [3.05, 3.63) is 77.0 Å². The number of ketones is 2. The number of para-hydroxylation sites is 1. The average molecular weight is 443 g/mol. The first-order chi connectivity index (χ1) is 16.1. The van der Waals surface area contributed by atoms with Crippen LogP contribution in [0.15, 0.2) is 60.3 Å². The van der Waals surface area contributed by atoms with Crippen LogP contribution in [0.1, 0.15) is 64.8 Å². The molecule has 0 aliphatic heterocycles. The van der Waals surface area contributed by atoms with Crippen molar-refractivity contribution in [2.24, 2.45) is 0 Å². The van der Waals surface area contributed by atoms with E-state index in [0.717, 1.165) is 16.5 Å². The Kier molecular flexibility index (Phi) is 6.25. The zero-order valence-corrected chi connectivity index (χ0v) is 18.8. The predicted octanol–water partition coefficient (Wildman–Crippen LogP) is 4.78. The first-order valence-electron chi connectivity index (χ1n) is 12.0. The largest absolute Gasteiger partial charge is 0.390 e. The van der Waals surface area contributed by atoms with E-state index in [1.165, 1.54) is 38.5 Å². The molecule has 1 unspecified atom stereocenters. The van der Waals surface area contributed by atoms with E-state index >= 15 is 0 Å². The highest BCUT2D eigenvalue weighted by molar-refractivity contribution is 6.41. The molecule has 1 atom stereocenters. The highest BCUT2D eigenvalue weighted by Crippen LogP contribution is 2.30. The number of aliphatic hydroxyl groups excluding tert-OH is 1. The van der Waals surface area contributed by atoms with Crippen LogP contribution >= 0.6 is 0 Å². The summed E-state index contributed by atoms with van der Waals surface area (Å²) >= 11 is 0. The molecule has 5 heteroatoms. The van der Waals surface area contributed by atoms with Crippen LogP contribution in [0.2, 0.25) is 0 Å². The number of aromatic nitrogens is 1. The third kappa shape index (κ3) is 4.43. The van der Waals surface area contributed by atoms with Gasteiger partial charge in [0.25, 0.3) is 0 Å². The number of rotatable bonds is 6. The minimum atomic E-state index is -0.524. The Labute approximate surface area is 194 Å². The van der Waals surface area contributed by atoms with E-state index in [2.05, 4.69) is 5.32 Å². The molecule has 2 N–H and O–H groups in total. The van der Waals surface area contributed by atoms with Gasteiger partial charge in [-0.1, -0.05) is 68.1 Å². The normalized spacial score (nSPS) is 17.9. The molecule has 0 saturated heterocycles. The Balaban J connectivity index is 1.37. The molecular formula is C28H30N2O3. The number of fused-ring (bicyclic) bond motifs is 2. The third-order valence-corrected chi connectivity index (χ3v) is 6.93. The van der Waals surface area contributed by atoms with E-state index in [-0.39, 0.29) is 17.1 Å². The van der Waals surface area contributed by atoms with Crippen LogP contribution in [0.25, 0.3) is 17.0 Å². The number of aliphatic hydroxyl groups is 1. The molecule has 3 aromatic rings. The molecule has 1 aromatic heterocycles. The summed E-state index contributed by atoms with van der Waals surface area (Å²) in [5, 5.41) is 15.3. The summed E-state index contributed by atoms with van der Waals surface area (Å²) in [4.78, 5) is 25.7. The van der Waals surface area contributed by atoms with Gasteiger partial charge in [0.2, 0.25) is 0 Å². The van der Waals surface area contributed by atoms with E-state index in [0.29, 0.717) is 30.3 Å². The van der Waals surface area contributed by atoms with E-state index in [1.807, 2.05) is 35.0 Å². The Bertz CT molecular complexity index is 1180. The van der Waals surface area contributed by atoms with Crippen molar-refractivity contribution in [3.8, 4) is 0 Å². The fourth-order valence-corrected chi connectivity index (χ4v) is 5.18. The van der Waals surface area contributed by atoms with Crippen LogP contribution in [-0.4, -0.2) is 39.9 Å². The van der Waals surface area contributed by atoms with Crippen molar-refractivity contribution in [1.82, 2.24) is 9.88 Å². The monoisotopic (exact) mass is 442 g/mol. The number of carbonyl (C=O) groups excluding carboxylic acids is 2. The van der Waals surface area contributed by atoms with Crippen molar-refractivity contribution in [2.45, 2.75) is 57.2 Å². The quantitative estimate of drug-likeness (QED) is 0.328. The summed E-state index contributed by atoms with van der Waals surface area (Å²) in [5.74, 6) is -0.444. The predicted molar refractivity (Wildman–Crippen MR) is 131 cm³/mol. The first-order valence-corrected chi connectivity index (χ1v) is 12.0. The summed E-state index contributed by atoms with van der Waals surface area (Å²) in [6, 6.07) is 15.4. The van der Waals surface area contributed by atoms with Crippen molar-refractivity contribution >= 4 is 28.5 Å². The maximum atomic E-state index is 12.8. The lowest BCUT2D eigenvalue weighted by Gasteiger charge is -2.19.